The van der Waals surface area contributed by atoms with Crippen LogP contribution in [0.3, 0.4) is 0 Å². The van der Waals surface area contributed by atoms with Gasteiger partial charge in [0.25, 0.3) is 0 Å². The maximum Gasteiger partial charge on any atom is 0.339 e. The second kappa shape index (κ2) is 8.44. The van der Waals surface area contributed by atoms with Crippen molar-refractivity contribution in [1.29, 1.82) is 0 Å². The summed E-state index contributed by atoms with van der Waals surface area (Å²) in [6, 6.07) is 5.47. The quantitative estimate of drug-likeness (QED) is 0.775. The van der Waals surface area contributed by atoms with E-state index in [9.17, 15) is 19.5 Å². The van der Waals surface area contributed by atoms with E-state index in [4.69, 9.17) is 14.2 Å². The molecule has 2 aromatic rings. The number of nitrogens with one attached hydrogen (secondary N) is 1. The number of carboxylic acids is 1. The Hall–Kier alpha value is -3.55. The summed E-state index contributed by atoms with van der Waals surface area (Å²) < 4.78 is 16.6. The zero-order valence-electron chi connectivity index (χ0n) is 17.2. The van der Waals surface area contributed by atoms with E-state index in [1.54, 1.807) is 6.07 Å². The first-order valence-corrected chi connectivity index (χ1v) is 9.33. The first-order chi connectivity index (χ1) is 14.3. The molecule has 1 aliphatic rings. The number of benzene rings is 1. The predicted molar refractivity (Wildman–Crippen MR) is 110 cm³/mol. The smallest absolute Gasteiger partial charge is 0.339 e. The number of fused-ring (bicyclic) bond motifs is 3. The fraction of sp³-hybridized carbons (Fsp3) is 0.318. The molecule has 2 N–H and O–H groups in total. The van der Waals surface area contributed by atoms with Crippen LogP contribution >= 0.6 is 0 Å². The summed E-state index contributed by atoms with van der Waals surface area (Å²) in [5.41, 5.74) is 1.66. The minimum atomic E-state index is -1.33. The van der Waals surface area contributed by atoms with Gasteiger partial charge in [-0.15, -0.1) is 0 Å². The number of methoxy groups -OCH3 is 3. The largest absolute Gasteiger partial charge is 0.493 e. The maximum atomic E-state index is 12.4. The Morgan fingerprint density at radius 1 is 1.07 bits per heavy atom. The molecule has 0 saturated carbocycles. The van der Waals surface area contributed by atoms with Crippen LogP contribution in [0.5, 0.6) is 17.2 Å². The van der Waals surface area contributed by atoms with Crippen LogP contribution in [0.25, 0.3) is 11.1 Å². The number of carboxylic acid groups (broad SMARTS) is 1. The summed E-state index contributed by atoms with van der Waals surface area (Å²) in [5, 5.41) is 12.4. The van der Waals surface area contributed by atoms with Crippen molar-refractivity contribution in [2.24, 2.45) is 0 Å². The molecule has 1 amide bonds. The third-order valence-electron chi connectivity index (χ3n) is 5.14. The number of hydrogen-bond acceptors (Lipinski definition) is 6. The van der Waals surface area contributed by atoms with E-state index < -0.39 is 17.4 Å². The molecule has 0 unspecified atom stereocenters. The molecule has 0 saturated heterocycles. The van der Waals surface area contributed by atoms with Gasteiger partial charge in [0.2, 0.25) is 11.7 Å². The fourth-order valence-electron chi connectivity index (χ4n) is 3.88. The van der Waals surface area contributed by atoms with Crippen LogP contribution in [0.2, 0.25) is 0 Å². The number of ether oxygens (including phenoxy) is 3. The van der Waals surface area contributed by atoms with Crippen molar-refractivity contribution in [3.63, 3.8) is 0 Å². The first-order valence-electron chi connectivity index (χ1n) is 9.33. The topological polar surface area (TPSA) is 111 Å². The van der Waals surface area contributed by atoms with Crippen molar-refractivity contribution in [3.8, 4) is 28.4 Å². The van der Waals surface area contributed by atoms with Crippen molar-refractivity contribution in [3.05, 3.63) is 51.2 Å². The molecule has 1 aliphatic carbocycles. The summed E-state index contributed by atoms with van der Waals surface area (Å²) in [5.74, 6) is -0.306. The Labute approximate surface area is 173 Å². The number of aryl methyl sites for hydroxylation is 1. The van der Waals surface area contributed by atoms with Crippen LogP contribution < -0.4 is 25.0 Å². The Kier molecular flexibility index (Phi) is 5.96. The SMILES string of the molecule is COc1cc2c(c(OC)c1OC)-c1ccc(=O)c(C(=O)O)cc1[C@@H](NC(C)=O)CC2. The number of aromatic carboxylic acids is 1. The highest BCUT2D eigenvalue weighted by Gasteiger charge is 2.29. The Balaban J connectivity index is 2.45. The Bertz CT molecular complexity index is 1080. The van der Waals surface area contributed by atoms with Crippen molar-refractivity contribution in [2.45, 2.75) is 25.8 Å². The number of rotatable bonds is 5. The molecular formula is C22H23NO7. The summed E-state index contributed by atoms with van der Waals surface area (Å²) in [7, 11) is 4.52. The number of amides is 1. The van der Waals surface area contributed by atoms with E-state index in [2.05, 4.69) is 5.32 Å². The zero-order valence-corrected chi connectivity index (χ0v) is 17.2. The highest BCUT2D eigenvalue weighted by Crippen LogP contribution is 2.50. The first kappa shape index (κ1) is 21.2. The van der Waals surface area contributed by atoms with Crippen LogP contribution in [-0.4, -0.2) is 38.3 Å². The third kappa shape index (κ3) is 3.68. The van der Waals surface area contributed by atoms with Crippen LogP contribution in [-0.2, 0) is 11.2 Å². The average molecular weight is 413 g/mol. The normalized spacial score (nSPS) is 14.6. The van der Waals surface area contributed by atoms with E-state index >= 15 is 0 Å². The van der Waals surface area contributed by atoms with E-state index in [1.807, 2.05) is 6.07 Å². The van der Waals surface area contributed by atoms with Gasteiger partial charge in [-0.25, -0.2) is 4.79 Å². The van der Waals surface area contributed by atoms with Gasteiger partial charge in [0, 0.05) is 12.5 Å². The fourth-order valence-corrected chi connectivity index (χ4v) is 3.88. The van der Waals surface area contributed by atoms with Gasteiger partial charge in [-0.3, -0.25) is 9.59 Å². The monoisotopic (exact) mass is 413 g/mol. The lowest BCUT2D eigenvalue weighted by Crippen LogP contribution is -2.26. The standard InChI is InChI=1S/C22H23NO7/c1-11(24)23-16-7-5-12-9-18(28-2)20(29-3)21(30-4)19(12)13-6-8-17(25)15(22(26)27)10-14(13)16/h6,8-10,16H,5,7H2,1-4H3,(H,23,24)(H,26,27)/t16-/m0/s1. The highest BCUT2D eigenvalue weighted by atomic mass is 16.5. The second-order valence-electron chi connectivity index (χ2n) is 6.90. The Morgan fingerprint density at radius 3 is 2.33 bits per heavy atom. The van der Waals surface area contributed by atoms with E-state index in [-0.39, 0.29) is 11.5 Å². The summed E-state index contributed by atoms with van der Waals surface area (Å²) in [6.07, 6.45) is 1.05. The zero-order chi connectivity index (χ0) is 22.0. The minimum Gasteiger partial charge on any atom is -0.493 e. The van der Waals surface area contributed by atoms with Gasteiger partial charge >= 0.3 is 5.97 Å². The van der Waals surface area contributed by atoms with Gasteiger partial charge in [0.15, 0.2) is 16.9 Å². The second-order valence-corrected chi connectivity index (χ2v) is 6.90. The van der Waals surface area contributed by atoms with Crippen LogP contribution in [0.1, 0.15) is 40.9 Å². The Morgan fingerprint density at radius 2 is 1.77 bits per heavy atom. The molecule has 1 atom stereocenters. The van der Waals surface area contributed by atoms with Crippen LogP contribution in [0, 0.1) is 0 Å². The summed E-state index contributed by atoms with van der Waals surface area (Å²) in [4.78, 5) is 35.9. The number of carbonyl (C=O) groups excluding carboxylic acids is 1. The van der Waals surface area contributed by atoms with Crippen LogP contribution in [0.4, 0.5) is 0 Å². The lowest BCUT2D eigenvalue weighted by atomic mass is 9.95. The molecule has 0 fully saturated rings. The van der Waals surface area contributed by atoms with E-state index in [1.165, 1.54) is 40.4 Å². The van der Waals surface area contributed by atoms with Gasteiger partial charge in [-0.2, -0.15) is 0 Å². The van der Waals surface area contributed by atoms with Gasteiger partial charge in [-0.1, -0.05) is 0 Å². The number of hydrogen-bond donors (Lipinski definition) is 2. The molecule has 0 heterocycles. The van der Waals surface area contributed by atoms with E-state index in [0.717, 1.165) is 5.56 Å². The van der Waals surface area contributed by atoms with Gasteiger partial charge in [0.1, 0.15) is 5.56 Å². The lowest BCUT2D eigenvalue weighted by Gasteiger charge is -2.19. The van der Waals surface area contributed by atoms with Crippen molar-refractivity contribution >= 4 is 11.9 Å². The molecule has 3 rings (SSSR count). The lowest BCUT2D eigenvalue weighted by molar-refractivity contribution is -0.119. The molecule has 2 aromatic carbocycles. The van der Waals surface area contributed by atoms with E-state index in [0.29, 0.717) is 46.8 Å². The van der Waals surface area contributed by atoms with Crippen LogP contribution in [0.15, 0.2) is 29.1 Å². The average Bonchev–Trinajstić information content (AvgIpc) is 2.96. The van der Waals surface area contributed by atoms with Gasteiger partial charge in [0.05, 0.1) is 27.4 Å². The molecule has 0 bridgehead atoms. The molecule has 0 aliphatic heterocycles. The van der Waals surface area contributed by atoms with Crippen molar-refractivity contribution < 1.29 is 28.9 Å². The molecular weight excluding hydrogens is 390 g/mol. The predicted octanol–water partition coefficient (Wildman–Crippen LogP) is 2.56. The highest BCUT2D eigenvalue weighted by molar-refractivity contribution is 5.89. The van der Waals surface area contributed by atoms with Crippen molar-refractivity contribution in [2.75, 3.05) is 21.3 Å². The molecule has 0 aromatic heterocycles. The molecule has 30 heavy (non-hydrogen) atoms. The molecule has 8 heteroatoms. The third-order valence-corrected chi connectivity index (χ3v) is 5.14. The van der Waals surface area contributed by atoms with Gasteiger partial charge in [-0.05, 0) is 53.8 Å². The maximum absolute atomic E-state index is 12.4. The molecule has 158 valence electrons. The van der Waals surface area contributed by atoms with Gasteiger partial charge < -0.3 is 24.6 Å². The number of carbonyl (C=O) groups is 2. The molecule has 0 spiro atoms. The van der Waals surface area contributed by atoms with Crippen molar-refractivity contribution in [1.82, 2.24) is 5.32 Å². The summed E-state index contributed by atoms with van der Waals surface area (Å²) >= 11 is 0. The molecule has 8 nitrogen and oxygen atoms in total. The molecule has 0 radical (unpaired) electrons. The summed E-state index contributed by atoms with van der Waals surface area (Å²) in [6.45, 7) is 1.39. The minimum absolute atomic E-state index is 0.259.